The Labute approximate surface area is 117 Å². The van der Waals surface area contributed by atoms with Crippen LogP contribution in [0.25, 0.3) is 0 Å². The number of hydrogen-bond acceptors (Lipinski definition) is 3. The van der Waals surface area contributed by atoms with E-state index in [0.29, 0.717) is 0 Å². The van der Waals surface area contributed by atoms with Gasteiger partial charge in [-0.2, -0.15) is 4.72 Å². The Balaban J connectivity index is 2.40. The first-order valence-corrected chi connectivity index (χ1v) is 7.61. The maximum absolute atomic E-state index is 12.2. The molecule has 1 aliphatic carbocycles. The molecule has 0 radical (unpaired) electrons. The predicted molar refractivity (Wildman–Crippen MR) is 72.9 cm³/mol. The van der Waals surface area contributed by atoms with Crippen LogP contribution < -0.4 is 4.72 Å². The Bertz CT molecular complexity index is 690. The zero-order valence-electron chi connectivity index (χ0n) is 11.3. The van der Waals surface area contributed by atoms with Crippen molar-refractivity contribution in [2.75, 3.05) is 0 Å². The van der Waals surface area contributed by atoms with Crippen LogP contribution in [-0.4, -0.2) is 29.6 Å². The van der Waals surface area contributed by atoms with Crippen molar-refractivity contribution in [3.05, 3.63) is 18.0 Å². The third kappa shape index (κ3) is 2.86. The molecule has 1 aliphatic rings. The third-order valence-electron chi connectivity index (χ3n) is 3.04. The molecule has 0 atom stereocenters. The Kier molecular flexibility index (Phi) is 3.40. The minimum absolute atomic E-state index is 0.0219. The van der Waals surface area contributed by atoms with Crippen LogP contribution in [0.3, 0.4) is 0 Å². The van der Waals surface area contributed by atoms with E-state index in [4.69, 9.17) is 11.5 Å². The summed E-state index contributed by atoms with van der Waals surface area (Å²) in [4.78, 5) is 11.1. The van der Waals surface area contributed by atoms with E-state index < -0.39 is 21.5 Å². The SMILES string of the molecule is C#CC(C)(C)NS(=O)(=O)c1cc(C(=O)O)n(C2CC2)c1. The van der Waals surface area contributed by atoms with Gasteiger partial charge in [0.2, 0.25) is 10.0 Å². The van der Waals surface area contributed by atoms with Gasteiger partial charge < -0.3 is 9.67 Å². The smallest absolute Gasteiger partial charge is 0.352 e. The molecule has 2 rings (SSSR count). The van der Waals surface area contributed by atoms with Crippen molar-refractivity contribution >= 4 is 16.0 Å². The van der Waals surface area contributed by atoms with Gasteiger partial charge in [-0.15, -0.1) is 6.42 Å². The van der Waals surface area contributed by atoms with E-state index >= 15 is 0 Å². The highest BCUT2D eigenvalue weighted by atomic mass is 32.2. The number of aromatic carboxylic acids is 1. The minimum Gasteiger partial charge on any atom is -0.477 e. The lowest BCUT2D eigenvalue weighted by atomic mass is 10.1. The summed E-state index contributed by atoms with van der Waals surface area (Å²) >= 11 is 0. The normalized spacial score (nSPS) is 15.8. The fourth-order valence-corrected chi connectivity index (χ4v) is 3.22. The van der Waals surface area contributed by atoms with Gasteiger partial charge in [-0.25, -0.2) is 13.2 Å². The molecule has 1 aromatic heterocycles. The Morgan fingerprint density at radius 1 is 1.55 bits per heavy atom. The molecule has 0 bridgehead atoms. The second-order valence-electron chi connectivity index (χ2n) is 5.38. The van der Waals surface area contributed by atoms with Crippen LogP contribution in [0.1, 0.15) is 43.2 Å². The fraction of sp³-hybridized carbons (Fsp3) is 0.462. The molecule has 1 fully saturated rings. The van der Waals surface area contributed by atoms with E-state index in [0.717, 1.165) is 18.9 Å². The highest BCUT2D eigenvalue weighted by Crippen LogP contribution is 2.37. The quantitative estimate of drug-likeness (QED) is 0.799. The van der Waals surface area contributed by atoms with E-state index in [1.807, 2.05) is 0 Å². The zero-order valence-corrected chi connectivity index (χ0v) is 12.1. The molecule has 0 unspecified atom stereocenters. The zero-order chi connectivity index (χ0) is 15.1. The van der Waals surface area contributed by atoms with E-state index in [2.05, 4.69) is 10.6 Å². The number of sulfonamides is 1. The average molecular weight is 296 g/mol. The maximum Gasteiger partial charge on any atom is 0.352 e. The second kappa shape index (κ2) is 4.65. The van der Waals surface area contributed by atoms with Crippen LogP contribution in [0.2, 0.25) is 0 Å². The van der Waals surface area contributed by atoms with Crippen LogP contribution in [0.5, 0.6) is 0 Å². The summed E-state index contributed by atoms with van der Waals surface area (Å²) in [7, 11) is -3.85. The molecule has 1 saturated carbocycles. The topological polar surface area (TPSA) is 88.4 Å². The van der Waals surface area contributed by atoms with Crippen LogP contribution in [0, 0.1) is 12.3 Å². The van der Waals surface area contributed by atoms with Crippen molar-refractivity contribution in [2.24, 2.45) is 0 Å². The van der Waals surface area contributed by atoms with Gasteiger partial charge in [0.05, 0.1) is 5.54 Å². The Morgan fingerprint density at radius 3 is 2.60 bits per heavy atom. The molecular formula is C13H16N2O4S. The van der Waals surface area contributed by atoms with Crippen molar-refractivity contribution in [1.29, 1.82) is 0 Å². The highest BCUT2D eigenvalue weighted by molar-refractivity contribution is 7.89. The van der Waals surface area contributed by atoms with Gasteiger partial charge in [-0.05, 0) is 32.8 Å². The molecular weight excluding hydrogens is 280 g/mol. The lowest BCUT2D eigenvalue weighted by Crippen LogP contribution is -2.41. The first-order chi connectivity index (χ1) is 9.16. The number of carboxylic acid groups (broad SMARTS) is 1. The standard InChI is InChI=1S/C13H16N2O4S/c1-4-13(2,3)14-20(18,19)10-7-11(12(16)17)15(8-10)9-5-6-9/h1,7-9,14H,5-6H2,2-3H3,(H,16,17). The van der Waals surface area contributed by atoms with Crippen molar-refractivity contribution in [3.63, 3.8) is 0 Å². The summed E-state index contributed by atoms with van der Waals surface area (Å²) < 4.78 is 28.3. The minimum atomic E-state index is -3.85. The van der Waals surface area contributed by atoms with Crippen molar-refractivity contribution < 1.29 is 18.3 Å². The van der Waals surface area contributed by atoms with Gasteiger partial charge in [0.25, 0.3) is 0 Å². The molecule has 0 aromatic carbocycles. The van der Waals surface area contributed by atoms with Gasteiger partial charge >= 0.3 is 5.97 Å². The van der Waals surface area contributed by atoms with Crippen LogP contribution >= 0.6 is 0 Å². The number of terminal acetylenes is 1. The largest absolute Gasteiger partial charge is 0.477 e. The van der Waals surface area contributed by atoms with Gasteiger partial charge in [-0.3, -0.25) is 0 Å². The van der Waals surface area contributed by atoms with Gasteiger partial charge in [-0.1, -0.05) is 5.92 Å². The fourth-order valence-electron chi connectivity index (χ4n) is 1.85. The third-order valence-corrected chi connectivity index (χ3v) is 4.67. The van der Waals surface area contributed by atoms with Crippen LogP contribution in [0.4, 0.5) is 0 Å². The monoisotopic (exact) mass is 296 g/mol. The highest BCUT2D eigenvalue weighted by Gasteiger charge is 2.32. The summed E-state index contributed by atoms with van der Waals surface area (Å²) in [6.45, 7) is 3.11. The first kappa shape index (κ1) is 14.6. The summed E-state index contributed by atoms with van der Waals surface area (Å²) in [5.41, 5.74) is -1.06. The number of nitrogens with one attached hydrogen (secondary N) is 1. The summed E-state index contributed by atoms with van der Waals surface area (Å²) in [5.74, 6) is 1.19. The van der Waals surface area contributed by atoms with E-state index in [1.54, 1.807) is 13.8 Å². The molecule has 108 valence electrons. The lowest BCUT2D eigenvalue weighted by molar-refractivity contribution is 0.0685. The van der Waals surface area contributed by atoms with Gasteiger partial charge in [0, 0.05) is 12.2 Å². The second-order valence-corrected chi connectivity index (χ2v) is 7.06. The number of aromatic nitrogens is 1. The van der Waals surface area contributed by atoms with Crippen LogP contribution in [-0.2, 0) is 10.0 Å². The van der Waals surface area contributed by atoms with Gasteiger partial charge in [0.15, 0.2) is 0 Å². The van der Waals surface area contributed by atoms with Crippen molar-refractivity contribution in [2.45, 2.75) is 43.2 Å². The number of carbonyl (C=O) groups is 1. The molecule has 1 aromatic rings. The molecule has 0 amide bonds. The average Bonchev–Trinajstić information content (AvgIpc) is 3.05. The number of hydrogen-bond donors (Lipinski definition) is 2. The summed E-state index contributed by atoms with van der Waals surface area (Å²) in [6, 6.07) is 1.24. The summed E-state index contributed by atoms with van der Waals surface area (Å²) in [6.07, 6.45) is 8.33. The van der Waals surface area contributed by atoms with Crippen molar-refractivity contribution in [3.8, 4) is 12.3 Å². The summed E-state index contributed by atoms with van der Waals surface area (Å²) in [5, 5.41) is 9.13. The van der Waals surface area contributed by atoms with Crippen molar-refractivity contribution in [1.82, 2.24) is 9.29 Å². The first-order valence-electron chi connectivity index (χ1n) is 6.13. The Hall–Kier alpha value is -1.78. The van der Waals surface area contributed by atoms with E-state index in [9.17, 15) is 13.2 Å². The number of rotatable bonds is 5. The van der Waals surface area contributed by atoms with E-state index in [-0.39, 0.29) is 16.6 Å². The molecule has 6 nitrogen and oxygen atoms in total. The number of carboxylic acids is 1. The molecule has 0 spiro atoms. The van der Waals surface area contributed by atoms with E-state index in [1.165, 1.54) is 10.8 Å². The maximum atomic E-state index is 12.2. The lowest BCUT2D eigenvalue weighted by Gasteiger charge is -2.18. The molecule has 2 N–H and O–H groups in total. The molecule has 7 heteroatoms. The molecule has 0 aliphatic heterocycles. The molecule has 1 heterocycles. The number of nitrogens with zero attached hydrogens (tertiary/aromatic N) is 1. The Morgan fingerprint density at radius 2 is 2.15 bits per heavy atom. The van der Waals surface area contributed by atoms with Crippen LogP contribution in [0.15, 0.2) is 17.2 Å². The molecule has 20 heavy (non-hydrogen) atoms. The van der Waals surface area contributed by atoms with Gasteiger partial charge in [0.1, 0.15) is 10.6 Å². The predicted octanol–water partition coefficient (Wildman–Crippen LogP) is 1.21. The molecule has 0 saturated heterocycles.